The normalized spacial score (nSPS) is 14.5. The van der Waals surface area contributed by atoms with Gasteiger partial charge in [-0.15, -0.1) is 0 Å². The molecule has 0 bridgehead atoms. The molecule has 0 atom stereocenters. The van der Waals surface area contributed by atoms with Crippen LogP contribution in [0.1, 0.15) is 23.6 Å². The highest BCUT2D eigenvalue weighted by Gasteiger charge is 2.36. The number of hydrogen-bond donors (Lipinski definition) is 1. The van der Waals surface area contributed by atoms with Crippen LogP contribution in [0.3, 0.4) is 0 Å². The van der Waals surface area contributed by atoms with Crippen LogP contribution < -0.4 is 24.4 Å². The first-order chi connectivity index (χ1) is 17.9. The molecule has 4 amide bonds. The summed E-state index contributed by atoms with van der Waals surface area (Å²) >= 11 is 0. The van der Waals surface area contributed by atoms with E-state index < -0.39 is 17.8 Å². The Morgan fingerprint density at radius 2 is 1.57 bits per heavy atom. The van der Waals surface area contributed by atoms with Crippen LogP contribution in [0.15, 0.2) is 72.3 Å². The predicted molar refractivity (Wildman–Crippen MR) is 140 cm³/mol. The molecule has 3 aromatic carbocycles. The first kappa shape index (κ1) is 25.5. The number of nitrogens with zero attached hydrogens (tertiary/aromatic N) is 1. The molecule has 37 heavy (non-hydrogen) atoms. The van der Waals surface area contributed by atoms with Crippen molar-refractivity contribution >= 4 is 29.6 Å². The maximum Gasteiger partial charge on any atom is 0.335 e. The van der Waals surface area contributed by atoms with Crippen LogP contribution in [0.4, 0.5) is 10.5 Å². The lowest BCUT2D eigenvalue weighted by Crippen LogP contribution is -2.54. The van der Waals surface area contributed by atoms with Crippen molar-refractivity contribution in [1.82, 2.24) is 5.32 Å². The molecule has 8 heteroatoms. The number of hydrogen-bond acceptors (Lipinski definition) is 6. The van der Waals surface area contributed by atoms with E-state index in [1.54, 1.807) is 36.4 Å². The van der Waals surface area contributed by atoms with Crippen LogP contribution in [0.5, 0.6) is 17.2 Å². The van der Waals surface area contributed by atoms with Gasteiger partial charge in [-0.3, -0.25) is 14.9 Å². The van der Waals surface area contributed by atoms with Gasteiger partial charge in [0.15, 0.2) is 11.5 Å². The third-order valence-corrected chi connectivity index (χ3v) is 5.63. The number of para-hydroxylation sites is 1. The van der Waals surface area contributed by atoms with E-state index in [0.29, 0.717) is 42.6 Å². The van der Waals surface area contributed by atoms with Gasteiger partial charge in [0, 0.05) is 0 Å². The second-order valence-corrected chi connectivity index (χ2v) is 8.40. The topological polar surface area (TPSA) is 94.2 Å². The minimum Gasteiger partial charge on any atom is -0.490 e. The van der Waals surface area contributed by atoms with Crippen molar-refractivity contribution in [2.45, 2.75) is 20.8 Å². The van der Waals surface area contributed by atoms with Gasteiger partial charge in [-0.2, -0.15) is 0 Å². The molecule has 0 radical (unpaired) electrons. The number of carbonyl (C=O) groups excluding carboxylic acids is 3. The van der Waals surface area contributed by atoms with E-state index in [0.717, 1.165) is 21.8 Å². The number of rotatable bonds is 9. The molecule has 1 aliphatic heterocycles. The molecular weight excluding hydrogens is 472 g/mol. The standard InChI is InChI=1S/C29H28N2O6/c1-4-35-26-18-21(12-13-25(26)37-15-14-36-24-11-6-5-9-20(24)3)17-23-27(32)30-29(34)31(28(23)33)22-10-7-8-19(2)16-22/h5-13,16-18H,4,14-15H2,1-3H3,(H,30,32,34). The molecule has 1 fully saturated rings. The van der Waals surface area contributed by atoms with Crippen LogP contribution in [0.2, 0.25) is 0 Å². The Kier molecular flexibility index (Phi) is 7.88. The number of anilines is 1. The quantitative estimate of drug-likeness (QED) is 0.257. The van der Waals surface area contributed by atoms with Crippen LogP contribution in [0, 0.1) is 13.8 Å². The highest BCUT2D eigenvalue weighted by atomic mass is 16.5. The summed E-state index contributed by atoms with van der Waals surface area (Å²) in [7, 11) is 0. The molecule has 3 aromatic rings. The van der Waals surface area contributed by atoms with E-state index in [4.69, 9.17) is 14.2 Å². The third-order valence-electron chi connectivity index (χ3n) is 5.63. The molecule has 0 spiro atoms. The first-order valence-electron chi connectivity index (χ1n) is 11.9. The largest absolute Gasteiger partial charge is 0.490 e. The summed E-state index contributed by atoms with van der Waals surface area (Å²) in [5.41, 5.74) is 2.68. The minimum atomic E-state index is -0.788. The van der Waals surface area contributed by atoms with Crippen LogP contribution >= 0.6 is 0 Å². The number of barbiturate groups is 1. The summed E-state index contributed by atoms with van der Waals surface area (Å²) in [6.45, 7) is 6.71. The molecular formula is C29H28N2O6. The van der Waals surface area contributed by atoms with Crippen molar-refractivity contribution in [1.29, 1.82) is 0 Å². The van der Waals surface area contributed by atoms with E-state index in [1.807, 2.05) is 51.1 Å². The third kappa shape index (κ3) is 5.98. The molecule has 1 aliphatic rings. The van der Waals surface area contributed by atoms with Gasteiger partial charge in [0.05, 0.1) is 12.3 Å². The molecule has 0 unspecified atom stereocenters. The van der Waals surface area contributed by atoms with Crippen LogP contribution in [-0.4, -0.2) is 37.7 Å². The van der Waals surface area contributed by atoms with E-state index in [1.165, 1.54) is 6.08 Å². The Morgan fingerprint density at radius 1 is 0.811 bits per heavy atom. The monoisotopic (exact) mass is 500 g/mol. The van der Waals surface area contributed by atoms with Crippen molar-refractivity contribution in [3.8, 4) is 17.2 Å². The van der Waals surface area contributed by atoms with E-state index in [9.17, 15) is 14.4 Å². The highest BCUT2D eigenvalue weighted by Crippen LogP contribution is 2.30. The minimum absolute atomic E-state index is 0.163. The number of ether oxygens (including phenoxy) is 3. The van der Waals surface area contributed by atoms with Crippen LogP contribution in [-0.2, 0) is 9.59 Å². The summed E-state index contributed by atoms with van der Waals surface area (Å²) in [6.07, 6.45) is 1.43. The van der Waals surface area contributed by atoms with E-state index in [2.05, 4.69) is 5.32 Å². The second kappa shape index (κ2) is 11.4. The lowest BCUT2D eigenvalue weighted by molar-refractivity contribution is -0.122. The van der Waals surface area contributed by atoms with Crippen LogP contribution in [0.25, 0.3) is 6.08 Å². The lowest BCUT2D eigenvalue weighted by atomic mass is 10.1. The first-order valence-corrected chi connectivity index (χ1v) is 11.9. The fraction of sp³-hybridized carbons (Fsp3) is 0.207. The Bertz CT molecular complexity index is 1360. The fourth-order valence-electron chi connectivity index (χ4n) is 3.85. The van der Waals surface area contributed by atoms with E-state index in [-0.39, 0.29) is 5.57 Å². The van der Waals surface area contributed by atoms with E-state index >= 15 is 0 Å². The number of nitrogens with one attached hydrogen (secondary N) is 1. The van der Waals surface area contributed by atoms with Crippen molar-refractivity contribution in [3.05, 3.63) is 89.0 Å². The summed E-state index contributed by atoms with van der Waals surface area (Å²) in [4.78, 5) is 39.1. The molecule has 4 rings (SSSR count). The van der Waals surface area contributed by atoms with Crippen molar-refractivity contribution < 1.29 is 28.6 Å². The SMILES string of the molecule is CCOc1cc(C=C2C(=O)NC(=O)N(c3cccc(C)c3)C2=O)ccc1OCCOc1ccccc1C. The summed E-state index contributed by atoms with van der Waals surface area (Å²) < 4.78 is 17.4. The summed E-state index contributed by atoms with van der Waals surface area (Å²) in [5, 5.41) is 2.24. The molecule has 0 aliphatic carbocycles. The summed E-state index contributed by atoms with van der Waals surface area (Å²) in [6, 6.07) is 19.0. The molecule has 0 aromatic heterocycles. The van der Waals surface area contributed by atoms with Gasteiger partial charge in [0.2, 0.25) is 0 Å². The van der Waals surface area contributed by atoms with Crippen molar-refractivity contribution in [2.75, 3.05) is 24.7 Å². The maximum absolute atomic E-state index is 13.2. The molecule has 1 N–H and O–H groups in total. The Labute approximate surface area is 215 Å². The molecule has 1 saturated heterocycles. The van der Waals surface area contributed by atoms with Gasteiger partial charge >= 0.3 is 6.03 Å². The van der Waals surface area contributed by atoms with Gasteiger partial charge in [0.1, 0.15) is 24.5 Å². The Hall–Kier alpha value is -4.59. The summed E-state index contributed by atoms with van der Waals surface area (Å²) in [5.74, 6) is 0.305. The number of imide groups is 2. The van der Waals surface area contributed by atoms with Gasteiger partial charge < -0.3 is 14.2 Å². The zero-order chi connectivity index (χ0) is 26.4. The molecule has 1 heterocycles. The number of aryl methyl sites for hydroxylation is 2. The average Bonchev–Trinajstić information content (AvgIpc) is 2.86. The number of urea groups is 1. The van der Waals surface area contributed by atoms with Crippen molar-refractivity contribution in [2.24, 2.45) is 0 Å². The van der Waals surface area contributed by atoms with Gasteiger partial charge in [0.25, 0.3) is 11.8 Å². The number of amides is 4. The molecule has 8 nitrogen and oxygen atoms in total. The zero-order valence-corrected chi connectivity index (χ0v) is 20.9. The average molecular weight is 501 g/mol. The zero-order valence-electron chi connectivity index (χ0n) is 20.9. The van der Waals surface area contributed by atoms with Gasteiger partial charge in [-0.25, -0.2) is 9.69 Å². The molecule has 0 saturated carbocycles. The Morgan fingerprint density at radius 3 is 2.30 bits per heavy atom. The van der Waals surface area contributed by atoms with Gasteiger partial charge in [-0.1, -0.05) is 36.4 Å². The predicted octanol–water partition coefficient (Wildman–Crippen LogP) is 4.83. The maximum atomic E-state index is 13.2. The number of carbonyl (C=O) groups is 3. The highest BCUT2D eigenvalue weighted by molar-refractivity contribution is 6.39. The fourth-order valence-corrected chi connectivity index (χ4v) is 3.85. The smallest absolute Gasteiger partial charge is 0.335 e. The second-order valence-electron chi connectivity index (χ2n) is 8.40. The lowest BCUT2D eigenvalue weighted by Gasteiger charge is -2.26. The van der Waals surface area contributed by atoms with Crippen molar-refractivity contribution in [3.63, 3.8) is 0 Å². The number of benzene rings is 3. The Balaban J connectivity index is 1.51. The molecule has 190 valence electrons. The van der Waals surface area contributed by atoms with Gasteiger partial charge in [-0.05, 0) is 73.9 Å².